The second kappa shape index (κ2) is 12.2. The molecule has 0 saturated carbocycles. The minimum Gasteiger partial charge on any atom is -0.466 e. The van der Waals surface area contributed by atoms with Gasteiger partial charge >= 0.3 is 5.97 Å². The number of benzene rings is 1. The van der Waals surface area contributed by atoms with Gasteiger partial charge in [0, 0.05) is 37.4 Å². The number of carbonyl (C=O) groups excluding carboxylic acids is 4. The smallest absolute Gasteiger partial charge is 0.308 e. The van der Waals surface area contributed by atoms with Crippen molar-refractivity contribution < 1.29 is 23.9 Å². The molecule has 1 aromatic rings. The number of nitrogens with zero attached hydrogens (tertiary/aromatic N) is 2. The molecule has 3 rings (SSSR count). The standard InChI is InChI=1S/C24H34N4O5/c1-2-3-15-33-22(30)16-20-23(31)25-11-14-28(20)21(29)17-26-19-9-7-18(8-10-19)24(32)27-12-5-4-6-13-27/h7-10,20,26H,2-6,11-17H2,1H3,(H,25,31). The highest BCUT2D eigenvalue weighted by Crippen LogP contribution is 2.16. The molecule has 1 atom stereocenters. The van der Waals surface area contributed by atoms with Crippen molar-refractivity contribution in [1.82, 2.24) is 15.1 Å². The van der Waals surface area contributed by atoms with Gasteiger partial charge in [0.2, 0.25) is 11.8 Å². The Bertz CT molecular complexity index is 836. The molecule has 2 aliphatic rings. The van der Waals surface area contributed by atoms with Crippen LogP contribution >= 0.6 is 0 Å². The maximum atomic E-state index is 12.8. The SMILES string of the molecule is CCCCOC(=O)CC1C(=O)NCCN1C(=O)CNc1ccc(C(=O)N2CCCCC2)cc1. The van der Waals surface area contributed by atoms with Gasteiger partial charge in [-0.25, -0.2) is 0 Å². The number of amides is 3. The Morgan fingerprint density at radius 1 is 1.09 bits per heavy atom. The lowest BCUT2D eigenvalue weighted by Gasteiger charge is -2.34. The van der Waals surface area contributed by atoms with Crippen LogP contribution in [0.25, 0.3) is 0 Å². The molecule has 2 aliphatic heterocycles. The highest BCUT2D eigenvalue weighted by molar-refractivity contribution is 5.95. The van der Waals surface area contributed by atoms with Crippen molar-refractivity contribution in [2.45, 2.75) is 51.5 Å². The van der Waals surface area contributed by atoms with Crippen LogP contribution in [-0.4, -0.2) is 78.9 Å². The molecule has 2 saturated heterocycles. The number of unbranched alkanes of at least 4 members (excludes halogenated alkanes) is 1. The number of piperazine rings is 1. The molecular formula is C24H34N4O5. The molecule has 9 heteroatoms. The molecule has 0 radical (unpaired) electrons. The first kappa shape index (κ1) is 24.5. The van der Waals surface area contributed by atoms with E-state index in [4.69, 9.17) is 4.74 Å². The highest BCUT2D eigenvalue weighted by atomic mass is 16.5. The summed E-state index contributed by atoms with van der Waals surface area (Å²) in [4.78, 5) is 53.1. The maximum Gasteiger partial charge on any atom is 0.308 e. The molecule has 0 aromatic heterocycles. The van der Waals surface area contributed by atoms with Crippen LogP contribution in [0.1, 0.15) is 55.8 Å². The third-order valence-electron chi connectivity index (χ3n) is 5.99. The Kier molecular flexibility index (Phi) is 9.09. The van der Waals surface area contributed by atoms with Crippen molar-refractivity contribution in [3.05, 3.63) is 29.8 Å². The number of hydrogen-bond donors (Lipinski definition) is 2. The van der Waals surface area contributed by atoms with Gasteiger partial charge in [-0.05, 0) is 49.9 Å². The summed E-state index contributed by atoms with van der Waals surface area (Å²) in [7, 11) is 0. The zero-order chi connectivity index (χ0) is 23.6. The Balaban J connectivity index is 1.53. The molecule has 2 heterocycles. The number of carbonyl (C=O) groups is 4. The van der Waals surface area contributed by atoms with E-state index < -0.39 is 12.0 Å². The lowest BCUT2D eigenvalue weighted by molar-refractivity contribution is -0.151. The predicted molar refractivity (Wildman–Crippen MR) is 124 cm³/mol. The molecule has 2 fully saturated rings. The van der Waals surface area contributed by atoms with E-state index in [1.54, 1.807) is 24.3 Å². The number of likely N-dealkylation sites (tertiary alicyclic amines) is 1. The number of anilines is 1. The first-order valence-corrected chi connectivity index (χ1v) is 11.9. The summed E-state index contributed by atoms with van der Waals surface area (Å²) in [6.45, 7) is 4.56. The lowest BCUT2D eigenvalue weighted by Crippen LogP contribution is -2.58. The first-order valence-electron chi connectivity index (χ1n) is 11.9. The fourth-order valence-electron chi connectivity index (χ4n) is 4.05. The zero-order valence-corrected chi connectivity index (χ0v) is 19.3. The number of ether oxygens (including phenoxy) is 1. The van der Waals surface area contributed by atoms with Crippen LogP contribution in [0.4, 0.5) is 5.69 Å². The van der Waals surface area contributed by atoms with Gasteiger partial charge in [0.25, 0.3) is 5.91 Å². The van der Waals surface area contributed by atoms with E-state index in [-0.39, 0.29) is 30.7 Å². The zero-order valence-electron chi connectivity index (χ0n) is 19.3. The minimum absolute atomic E-state index is 0.0198. The third kappa shape index (κ3) is 6.94. The van der Waals surface area contributed by atoms with E-state index in [0.29, 0.717) is 30.9 Å². The molecular weight excluding hydrogens is 424 g/mol. The lowest BCUT2D eigenvalue weighted by atomic mass is 10.1. The summed E-state index contributed by atoms with van der Waals surface area (Å²) >= 11 is 0. The molecule has 33 heavy (non-hydrogen) atoms. The van der Waals surface area contributed by atoms with Crippen molar-refractivity contribution >= 4 is 29.4 Å². The predicted octanol–water partition coefficient (Wildman–Crippen LogP) is 1.79. The largest absolute Gasteiger partial charge is 0.466 e. The summed E-state index contributed by atoms with van der Waals surface area (Å²) in [5.74, 6) is -1.07. The van der Waals surface area contributed by atoms with Crippen molar-refractivity contribution in [2.75, 3.05) is 44.6 Å². The van der Waals surface area contributed by atoms with Crippen LogP contribution in [0.5, 0.6) is 0 Å². The molecule has 180 valence electrons. The number of piperidine rings is 1. The quantitative estimate of drug-likeness (QED) is 0.431. The van der Waals surface area contributed by atoms with Gasteiger partial charge in [0.15, 0.2) is 0 Å². The van der Waals surface area contributed by atoms with Crippen LogP contribution < -0.4 is 10.6 Å². The van der Waals surface area contributed by atoms with E-state index in [9.17, 15) is 19.2 Å². The normalized spacial score (nSPS) is 18.5. The molecule has 2 N–H and O–H groups in total. The molecule has 0 bridgehead atoms. The topological polar surface area (TPSA) is 108 Å². The van der Waals surface area contributed by atoms with E-state index >= 15 is 0 Å². The van der Waals surface area contributed by atoms with Crippen molar-refractivity contribution in [2.24, 2.45) is 0 Å². The van der Waals surface area contributed by atoms with Gasteiger partial charge in [-0.15, -0.1) is 0 Å². The molecule has 9 nitrogen and oxygen atoms in total. The second-order valence-electron chi connectivity index (χ2n) is 8.46. The van der Waals surface area contributed by atoms with Gasteiger partial charge < -0.3 is 25.2 Å². The Morgan fingerprint density at radius 2 is 1.82 bits per heavy atom. The Morgan fingerprint density at radius 3 is 2.52 bits per heavy atom. The van der Waals surface area contributed by atoms with Crippen LogP contribution in [0.15, 0.2) is 24.3 Å². The molecule has 3 amide bonds. The number of hydrogen-bond acceptors (Lipinski definition) is 6. The van der Waals surface area contributed by atoms with Crippen LogP contribution in [0.3, 0.4) is 0 Å². The molecule has 0 spiro atoms. The van der Waals surface area contributed by atoms with E-state index in [1.165, 1.54) is 11.3 Å². The van der Waals surface area contributed by atoms with Crippen LogP contribution in [0.2, 0.25) is 0 Å². The van der Waals surface area contributed by atoms with Gasteiger partial charge in [-0.1, -0.05) is 13.3 Å². The highest BCUT2D eigenvalue weighted by Gasteiger charge is 2.35. The summed E-state index contributed by atoms with van der Waals surface area (Å²) < 4.78 is 5.16. The fraction of sp³-hybridized carbons (Fsp3) is 0.583. The first-order chi connectivity index (χ1) is 16.0. The Labute approximate surface area is 194 Å². The van der Waals surface area contributed by atoms with Crippen molar-refractivity contribution in [3.63, 3.8) is 0 Å². The maximum absolute atomic E-state index is 12.8. The minimum atomic E-state index is -0.869. The van der Waals surface area contributed by atoms with Crippen molar-refractivity contribution in [3.8, 4) is 0 Å². The van der Waals surface area contributed by atoms with Gasteiger partial charge in [0.1, 0.15) is 6.04 Å². The third-order valence-corrected chi connectivity index (χ3v) is 5.99. The van der Waals surface area contributed by atoms with Crippen LogP contribution in [0, 0.1) is 0 Å². The number of nitrogens with one attached hydrogen (secondary N) is 2. The monoisotopic (exact) mass is 458 g/mol. The summed E-state index contributed by atoms with van der Waals surface area (Å²) in [5, 5.41) is 5.76. The summed E-state index contributed by atoms with van der Waals surface area (Å²) in [6.07, 6.45) is 4.76. The summed E-state index contributed by atoms with van der Waals surface area (Å²) in [6, 6.07) is 6.19. The van der Waals surface area contributed by atoms with Crippen molar-refractivity contribution in [1.29, 1.82) is 0 Å². The van der Waals surface area contributed by atoms with Crippen LogP contribution in [-0.2, 0) is 19.1 Å². The molecule has 1 unspecified atom stereocenters. The number of rotatable bonds is 9. The van der Waals surface area contributed by atoms with Gasteiger partial charge in [-0.2, -0.15) is 0 Å². The van der Waals surface area contributed by atoms with E-state index in [0.717, 1.165) is 38.8 Å². The molecule has 0 aliphatic carbocycles. The van der Waals surface area contributed by atoms with Gasteiger partial charge in [0.05, 0.1) is 19.6 Å². The Hall–Kier alpha value is -3.10. The average molecular weight is 459 g/mol. The van der Waals surface area contributed by atoms with E-state index in [2.05, 4.69) is 10.6 Å². The summed E-state index contributed by atoms with van der Waals surface area (Å²) in [5.41, 5.74) is 1.33. The molecule has 1 aromatic carbocycles. The van der Waals surface area contributed by atoms with E-state index in [1.807, 2.05) is 11.8 Å². The second-order valence-corrected chi connectivity index (χ2v) is 8.46. The number of esters is 1. The average Bonchev–Trinajstić information content (AvgIpc) is 2.84. The van der Waals surface area contributed by atoms with Gasteiger partial charge in [-0.3, -0.25) is 19.2 Å². The fourth-order valence-corrected chi connectivity index (χ4v) is 4.05.